The smallest absolute Gasteiger partial charge is 0.274 e. The highest BCUT2D eigenvalue weighted by atomic mass is 32.1. The SMILES string of the molecule is COc1ccc2sc(OC3CCN(C(=O)COc4ccc(F)cc4)CC3)nc2c1. The third kappa shape index (κ3) is 4.76. The first-order valence-corrected chi connectivity index (χ1v) is 10.2. The number of thiazole rings is 1. The van der Waals surface area contributed by atoms with E-state index in [-0.39, 0.29) is 24.4 Å². The van der Waals surface area contributed by atoms with Gasteiger partial charge in [0, 0.05) is 32.0 Å². The van der Waals surface area contributed by atoms with Crippen LogP contribution in [0.2, 0.25) is 0 Å². The lowest BCUT2D eigenvalue weighted by Gasteiger charge is -2.31. The van der Waals surface area contributed by atoms with Crippen molar-refractivity contribution >= 4 is 27.5 Å². The van der Waals surface area contributed by atoms with E-state index in [1.807, 2.05) is 18.2 Å². The Balaban J connectivity index is 1.26. The van der Waals surface area contributed by atoms with Crippen LogP contribution in [0.5, 0.6) is 16.7 Å². The number of ether oxygens (including phenoxy) is 3. The molecule has 4 rings (SSSR count). The van der Waals surface area contributed by atoms with Crippen molar-refractivity contribution in [3.8, 4) is 16.7 Å². The summed E-state index contributed by atoms with van der Waals surface area (Å²) in [4.78, 5) is 18.6. The fraction of sp³-hybridized carbons (Fsp3) is 0.333. The van der Waals surface area contributed by atoms with Crippen molar-refractivity contribution in [2.24, 2.45) is 0 Å². The predicted molar refractivity (Wildman–Crippen MR) is 108 cm³/mol. The Morgan fingerprint density at radius 3 is 2.62 bits per heavy atom. The summed E-state index contributed by atoms with van der Waals surface area (Å²) in [7, 11) is 1.63. The van der Waals surface area contributed by atoms with Crippen LogP contribution in [0.3, 0.4) is 0 Å². The minimum atomic E-state index is -0.335. The molecule has 0 saturated carbocycles. The average Bonchev–Trinajstić information content (AvgIpc) is 3.15. The van der Waals surface area contributed by atoms with E-state index in [9.17, 15) is 9.18 Å². The second-order valence-electron chi connectivity index (χ2n) is 6.75. The number of benzene rings is 2. The quantitative estimate of drug-likeness (QED) is 0.610. The van der Waals surface area contributed by atoms with Crippen LogP contribution in [0.1, 0.15) is 12.8 Å². The van der Waals surface area contributed by atoms with Crippen LogP contribution >= 0.6 is 11.3 Å². The number of amides is 1. The maximum Gasteiger partial charge on any atom is 0.274 e. The summed E-state index contributed by atoms with van der Waals surface area (Å²) in [6.07, 6.45) is 1.50. The van der Waals surface area contributed by atoms with Crippen molar-refractivity contribution in [2.75, 3.05) is 26.8 Å². The molecule has 0 spiro atoms. The number of nitrogens with zero attached hydrogens (tertiary/aromatic N) is 2. The van der Waals surface area contributed by atoms with Crippen LogP contribution in [-0.4, -0.2) is 48.7 Å². The van der Waals surface area contributed by atoms with Gasteiger partial charge in [0.05, 0.1) is 17.3 Å². The summed E-state index contributed by atoms with van der Waals surface area (Å²) < 4.78 is 30.7. The number of hydrogen-bond donors (Lipinski definition) is 0. The van der Waals surface area contributed by atoms with Crippen molar-refractivity contribution in [1.29, 1.82) is 0 Å². The highest BCUT2D eigenvalue weighted by Crippen LogP contribution is 2.32. The average molecular weight is 416 g/mol. The Hall–Kier alpha value is -2.87. The molecule has 152 valence electrons. The van der Waals surface area contributed by atoms with E-state index in [0.717, 1.165) is 28.8 Å². The molecule has 29 heavy (non-hydrogen) atoms. The van der Waals surface area contributed by atoms with Gasteiger partial charge in [-0.3, -0.25) is 4.79 Å². The molecule has 3 aromatic rings. The van der Waals surface area contributed by atoms with Gasteiger partial charge in [0.2, 0.25) is 0 Å². The molecule has 1 fully saturated rings. The molecule has 1 aliphatic heterocycles. The molecular weight excluding hydrogens is 395 g/mol. The molecule has 0 aliphatic carbocycles. The Morgan fingerprint density at radius 2 is 1.90 bits per heavy atom. The maximum atomic E-state index is 12.9. The van der Waals surface area contributed by atoms with Crippen LogP contribution < -0.4 is 14.2 Å². The minimum absolute atomic E-state index is 0.0273. The van der Waals surface area contributed by atoms with Crippen molar-refractivity contribution in [3.63, 3.8) is 0 Å². The highest BCUT2D eigenvalue weighted by Gasteiger charge is 2.25. The van der Waals surface area contributed by atoms with Gasteiger partial charge >= 0.3 is 0 Å². The number of aromatic nitrogens is 1. The lowest BCUT2D eigenvalue weighted by Crippen LogP contribution is -2.43. The van der Waals surface area contributed by atoms with Crippen LogP contribution in [0, 0.1) is 5.82 Å². The standard InChI is InChI=1S/C21H21FN2O4S/c1-26-17-6-7-19-18(12-17)23-21(29-19)28-16-8-10-24(11-9-16)20(25)13-27-15-4-2-14(22)3-5-15/h2-7,12,16H,8-11,13H2,1H3. The number of halogens is 1. The van der Waals surface area contributed by atoms with E-state index < -0.39 is 0 Å². The lowest BCUT2D eigenvalue weighted by molar-refractivity contribution is -0.135. The van der Waals surface area contributed by atoms with Crippen LogP contribution in [0.15, 0.2) is 42.5 Å². The molecule has 0 unspecified atom stereocenters. The second kappa shape index (κ2) is 8.65. The van der Waals surface area contributed by atoms with E-state index in [1.165, 1.54) is 35.6 Å². The van der Waals surface area contributed by atoms with Gasteiger partial charge in [-0.1, -0.05) is 11.3 Å². The Bertz CT molecular complexity index is 984. The van der Waals surface area contributed by atoms with Crippen molar-refractivity contribution in [3.05, 3.63) is 48.3 Å². The molecule has 6 nitrogen and oxygen atoms in total. The zero-order chi connectivity index (χ0) is 20.2. The third-order valence-corrected chi connectivity index (χ3v) is 5.74. The molecule has 0 atom stereocenters. The van der Waals surface area contributed by atoms with Gasteiger partial charge in [-0.05, 0) is 36.4 Å². The molecule has 0 bridgehead atoms. The summed E-state index contributed by atoms with van der Waals surface area (Å²) in [6.45, 7) is 1.15. The van der Waals surface area contributed by atoms with E-state index in [0.29, 0.717) is 24.0 Å². The molecule has 1 aromatic heterocycles. The zero-order valence-corrected chi connectivity index (χ0v) is 16.8. The minimum Gasteiger partial charge on any atom is -0.497 e. The number of fused-ring (bicyclic) bond motifs is 1. The highest BCUT2D eigenvalue weighted by molar-refractivity contribution is 7.20. The number of carbonyl (C=O) groups excluding carboxylic acids is 1. The topological polar surface area (TPSA) is 60.9 Å². The predicted octanol–water partition coefficient (Wildman–Crippen LogP) is 3.89. The van der Waals surface area contributed by atoms with Crippen LogP contribution in [-0.2, 0) is 4.79 Å². The lowest BCUT2D eigenvalue weighted by atomic mass is 10.1. The molecule has 1 amide bonds. The summed E-state index contributed by atoms with van der Waals surface area (Å²) in [5.74, 6) is 0.826. The van der Waals surface area contributed by atoms with Gasteiger partial charge in [-0.15, -0.1) is 0 Å². The number of carbonyl (C=O) groups is 1. The summed E-state index contributed by atoms with van der Waals surface area (Å²) in [5, 5.41) is 0.637. The Morgan fingerprint density at radius 1 is 1.17 bits per heavy atom. The molecular formula is C21H21FN2O4S. The molecule has 1 saturated heterocycles. The number of hydrogen-bond acceptors (Lipinski definition) is 6. The zero-order valence-electron chi connectivity index (χ0n) is 16.0. The molecule has 0 N–H and O–H groups in total. The fourth-order valence-corrected chi connectivity index (χ4v) is 4.06. The number of rotatable bonds is 6. The maximum absolute atomic E-state index is 12.9. The van der Waals surface area contributed by atoms with E-state index in [4.69, 9.17) is 14.2 Å². The van der Waals surface area contributed by atoms with Crippen LogP contribution in [0.4, 0.5) is 4.39 Å². The fourth-order valence-electron chi connectivity index (χ4n) is 3.20. The van der Waals surface area contributed by atoms with Gasteiger partial charge in [-0.2, -0.15) is 0 Å². The largest absolute Gasteiger partial charge is 0.497 e. The number of likely N-dealkylation sites (tertiary alicyclic amines) is 1. The summed E-state index contributed by atoms with van der Waals surface area (Å²) in [5.41, 5.74) is 0.856. The van der Waals surface area contributed by atoms with Gasteiger partial charge in [-0.25, -0.2) is 9.37 Å². The van der Waals surface area contributed by atoms with Gasteiger partial charge in [0.1, 0.15) is 23.4 Å². The molecule has 1 aliphatic rings. The number of piperidine rings is 1. The first-order chi connectivity index (χ1) is 14.1. The first kappa shape index (κ1) is 19.4. The van der Waals surface area contributed by atoms with E-state index in [2.05, 4.69) is 4.98 Å². The molecule has 2 heterocycles. The van der Waals surface area contributed by atoms with Gasteiger partial charge in [0.25, 0.3) is 11.1 Å². The molecule has 0 radical (unpaired) electrons. The number of methoxy groups -OCH3 is 1. The third-order valence-electron chi connectivity index (χ3n) is 4.81. The summed E-state index contributed by atoms with van der Waals surface area (Å²) in [6, 6.07) is 11.4. The van der Waals surface area contributed by atoms with Crippen molar-refractivity contribution in [2.45, 2.75) is 18.9 Å². The molecule has 2 aromatic carbocycles. The van der Waals surface area contributed by atoms with Gasteiger partial charge < -0.3 is 19.1 Å². The van der Waals surface area contributed by atoms with Crippen molar-refractivity contribution < 1.29 is 23.4 Å². The van der Waals surface area contributed by atoms with Gasteiger partial charge in [0.15, 0.2) is 6.61 Å². The molecule has 8 heteroatoms. The Kier molecular flexibility index (Phi) is 5.80. The van der Waals surface area contributed by atoms with Crippen molar-refractivity contribution in [1.82, 2.24) is 9.88 Å². The normalized spacial score (nSPS) is 14.8. The first-order valence-electron chi connectivity index (χ1n) is 9.38. The summed E-state index contributed by atoms with van der Waals surface area (Å²) >= 11 is 1.51. The van der Waals surface area contributed by atoms with E-state index >= 15 is 0 Å². The Labute approximate surface area is 171 Å². The second-order valence-corrected chi connectivity index (χ2v) is 7.75. The van der Waals surface area contributed by atoms with Crippen LogP contribution in [0.25, 0.3) is 10.2 Å². The van der Waals surface area contributed by atoms with E-state index in [1.54, 1.807) is 12.0 Å². The monoisotopic (exact) mass is 416 g/mol.